The molecule has 4 nitrogen and oxygen atoms in total. The van der Waals surface area contributed by atoms with Crippen molar-refractivity contribution in [3.8, 4) is 0 Å². The third-order valence-corrected chi connectivity index (χ3v) is 2.07. The topological polar surface area (TPSA) is 52.6 Å². The second-order valence-electron chi connectivity index (χ2n) is 2.25. The number of ether oxygens (including phenoxy) is 2. The van der Waals surface area contributed by atoms with Crippen molar-refractivity contribution in [2.75, 3.05) is 25.2 Å². The first kappa shape index (κ1) is 13.0. The summed E-state index contributed by atoms with van der Waals surface area (Å²) in [5, 5.41) is 0. The van der Waals surface area contributed by atoms with Crippen molar-refractivity contribution in [1.29, 1.82) is 0 Å². The molecular weight excluding hydrogens is 204 g/mol. The van der Waals surface area contributed by atoms with Gasteiger partial charge < -0.3 is 9.47 Å². The first-order valence-electron chi connectivity index (χ1n) is 4.18. The Morgan fingerprint density at radius 3 is 2.71 bits per heavy atom. The Balaban J connectivity index is 3.44. The van der Waals surface area contributed by atoms with Crippen LogP contribution in [0.3, 0.4) is 0 Å². The average molecular weight is 218 g/mol. The number of esters is 2. The number of methoxy groups -OCH3 is 1. The number of hydrogen-bond acceptors (Lipinski definition) is 5. The fraction of sp³-hybridized carbons (Fsp3) is 0.556. The summed E-state index contributed by atoms with van der Waals surface area (Å²) in [5.74, 6) is 0.267. The molecule has 0 unspecified atom stereocenters. The Morgan fingerprint density at radius 2 is 2.14 bits per heavy atom. The number of rotatable bonds is 6. The van der Waals surface area contributed by atoms with Gasteiger partial charge >= 0.3 is 11.9 Å². The predicted octanol–water partition coefficient (Wildman–Crippen LogP) is 1.01. The largest absolute Gasteiger partial charge is 0.468 e. The average Bonchev–Trinajstić information content (AvgIpc) is 2.17. The van der Waals surface area contributed by atoms with E-state index < -0.39 is 0 Å². The van der Waals surface area contributed by atoms with Gasteiger partial charge in [-0.2, -0.15) is 0 Å². The van der Waals surface area contributed by atoms with Crippen molar-refractivity contribution in [1.82, 2.24) is 0 Å². The number of carbonyl (C=O) groups is 2. The van der Waals surface area contributed by atoms with Gasteiger partial charge in [-0.3, -0.25) is 4.79 Å². The van der Waals surface area contributed by atoms with Crippen LogP contribution < -0.4 is 0 Å². The van der Waals surface area contributed by atoms with Crippen LogP contribution in [0.15, 0.2) is 12.2 Å². The van der Waals surface area contributed by atoms with Crippen molar-refractivity contribution in [3.05, 3.63) is 12.2 Å². The monoisotopic (exact) mass is 218 g/mol. The Morgan fingerprint density at radius 1 is 1.43 bits per heavy atom. The summed E-state index contributed by atoms with van der Waals surface area (Å²) < 4.78 is 9.11. The highest BCUT2D eigenvalue weighted by atomic mass is 32.2. The van der Waals surface area contributed by atoms with Gasteiger partial charge in [-0.05, 0) is 6.92 Å². The molecule has 0 aromatic rings. The molecule has 0 saturated carbocycles. The molecule has 0 rings (SSSR count). The van der Waals surface area contributed by atoms with Gasteiger partial charge in [-0.1, -0.05) is 6.08 Å². The van der Waals surface area contributed by atoms with Crippen LogP contribution in [0.5, 0.6) is 0 Å². The molecule has 0 aliphatic heterocycles. The summed E-state index contributed by atoms with van der Waals surface area (Å²) in [5.41, 5.74) is 0. The van der Waals surface area contributed by atoms with Crippen molar-refractivity contribution in [3.63, 3.8) is 0 Å². The summed E-state index contributed by atoms with van der Waals surface area (Å²) in [6, 6.07) is 0. The SMILES string of the molecule is CCOC(=O)/C=C/CSCC(=O)OC. The second kappa shape index (κ2) is 8.62. The van der Waals surface area contributed by atoms with E-state index >= 15 is 0 Å². The maximum absolute atomic E-state index is 10.8. The Hall–Kier alpha value is -0.970. The van der Waals surface area contributed by atoms with Gasteiger partial charge in [0.15, 0.2) is 0 Å². The normalized spacial score (nSPS) is 10.1. The van der Waals surface area contributed by atoms with E-state index in [1.54, 1.807) is 13.0 Å². The molecule has 0 aliphatic rings. The lowest BCUT2D eigenvalue weighted by molar-refractivity contribution is -0.138. The van der Waals surface area contributed by atoms with Crippen LogP contribution in [0, 0.1) is 0 Å². The van der Waals surface area contributed by atoms with E-state index in [1.165, 1.54) is 24.9 Å². The van der Waals surface area contributed by atoms with E-state index in [9.17, 15) is 9.59 Å². The molecule has 0 bridgehead atoms. The zero-order valence-electron chi connectivity index (χ0n) is 8.32. The summed E-state index contributed by atoms with van der Waals surface area (Å²) in [4.78, 5) is 21.4. The minimum absolute atomic E-state index is 0.264. The summed E-state index contributed by atoms with van der Waals surface area (Å²) in [6.07, 6.45) is 3.01. The standard InChI is InChI=1S/C9H14O4S/c1-3-13-8(10)5-4-6-14-7-9(11)12-2/h4-5H,3,6-7H2,1-2H3/b5-4+. The molecule has 80 valence electrons. The van der Waals surface area contributed by atoms with Crippen LogP contribution in [0.4, 0.5) is 0 Å². The maximum atomic E-state index is 10.8. The third-order valence-electron chi connectivity index (χ3n) is 1.20. The fourth-order valence-electron chi connectivity index (χ4n) is 0.604. The van der Waals surface area contributed by atoms with Gasteiger partial charge in [0.25, 0.3) is 0 Å². The van der Waals surface area contributed by atoms with Crippen LogP contribution in [0.2, 0.25) is 0 Å². The first-order valence-corrected chi connectivity index (χ1v) is 5.34. The lowest BCUT2D eigenvalue weighted by Gasteiger charge is -1.96. The van der Waals surface area contributed by atoms with Crippen LogP contribution in [0.1, 0.15) is 6.92 Å². The van der Waals surface area contributed by atoms with Gasteiger partial charge in [-0.15, -0.1) is 11.8 Å². The van der Waals surface area contributed by atoms with Crippen molar-refractivity contribution < 1.29 is 19.1 Å². The highest BCUT2D eigenvalue weighted by molar-refractivity contribution is 8.00. The van der Waals surface area contributed by atoms with Gasteiger partial charge in [0.05, 0.1) is 19.5 Å². The number of carbonyl (C=O) groups excluding carboxylic acids is 2. The van der Waals surface area contributed by atoms with E-state index in [0.29, 0.717) is 18.1 Å². The molecule has 0 heterocycles. The second-order valence-corrected chi connectivity index (χ2v) is 3.28. The zero-order chi connectivity index (χ0) is 10.8. The maximum Gasteiger partial charge on any atom is 0.330 e. The lowest BCUT2D eigenvalue weighted by atomic mass is 10.5. The summed E-state index contributed by atoms with van der Waals surface area (Å²) in [6.45, 7) is 2.12. The van der Waals surface area contributed by atoms with Gasteiger partial charge in [-0.25, -0.2) is 4.79 Å². The predicted molar refractivity (Wildman–Crippen MR) is 55.1 cm³/mol. The minimum atomic E-state index is -0.355. The first-order chi connectivity index (χ1) is 6.70. The molecular formula is C9H14O4S. The Kier molecular flexibility index (Phi) is 8.02. The van der Waals surface area contributed by atoms with Crippen LogP contribution in [-0.4, -0.2) is 37.2 Å². The molecule has 5 heteroatoms. The van der Waals surface area contributed by atoms with Crippen molar-refractivity contribution in [2.45, 2.75) is 6.92 Å². The Bertz CT molecular complexity index is 213. The molecule has 0 saturated heterocycles. The van der Waals surface area contributed by atoms with E-state index in [2.05, 4.69) is 9.47 Å². The van der Waals surface area contributed by atoms with Gasteiger partial charge in [0, 0.05) is 11.8 Å². The van der Waals surface area contributed by atoms with Crippen molar-refractivity contribution >= 4 is 23.7 Å². The molecule has 14 heavy (non-hydrogen) atoms. The highest BCUT2D eigenvalue weighted by Crippen LogP contribution is 2.00. The van der Waals surface area contributed by atoms with Crippen LogP contribution in [0.25, 0.3) is 0 Å². The fourth-order valence-corrected chi connectivity index (χ4v) is 1.24. The van der Waals surface area contributed by atoms with E-state index in [-0.39, 0.29) is 11.9 Å². The van der Waals surface area contributed by atoms with Crippen LogP contribution >= 0.6 is 11.8 Å². The van der Waals surface area contributed by atoms with Crippen LogP contribution in [-0.2, 0) is 19.1 Å². The molecule has 0 aromatic carbocycles. The molecule has 0 fully saturated rings. The highest BCUT2D eigenvalue weighted by Gasteiger charge is 1.98. The van der Waals surface area contributed by atoms with E-state index in [1.807, 2.05) is 0 Å². The molecule has 0 atom stereocenters. The number of thioether (sulfide) groups is 1. The van der Waals surface area contributed by atoms with Gasteiger partial charge in [0.2, 0.25) is 0 Å². The summed E-state index contributed by atoms with van der Waals surface area (Å²) >= 11 is 1.38. The van der Waals surface area contributed by atoms with E-state index in [4.69, 9.17) is 0 Å². The minimum Gasteiger partial charge on any atom is -0.468 e. The Labute approximate surface area is 87.6 Å². The van der Waals surface area contributed by atoms with Gasteiger partial charge in [0.1, 0.15) is 0 Å². The third kappa shape index (κ3) is 7.67. The molecule has 0 aliphatic carbocycles. The number of hydrogen-bond donors (Lipinski definition) is 0. The quantitative estimate of drug-likeness (QED) is 0.378. The smallest absolute Gasteiger partial charge is 0.330 e. The van der Waals surface area contributed by atoms with Crippen molar-refractivity contribution in [2.24, 2.45) is 0 Å². The molecule has 0 aromatic heterocycles. The zero-order valence-corrected chi connectivity index (χ0v) is 9.13. The molecule has 0 amide bonds. The molecule has 0 spiro atoms. The lowest BCUT2D eigenvalue weighted by Crippen LogP contribution is -2.03. The summed E-state index contributed by atoms with van der Waals surface area (Å²) in [7, 11) is 1.34. The van der Waals surface area contributed by atoms with E-state index in [0.717, 1.165) is 0 Å². The molecule has 0 N–H and O–H groups in total. The molecule has 0 radical (unpaired) electrons.